The van der Waals surface area contributed by atoms with E-state index in [9.17, 15) is 0 Å². The molecule has 13 heavy (non-hydrogen) atoms. The van der Waals surface area contributed by atoms with Crippen LogP contribution in [0.15, 0.2) is 4.99 Å². The zero-order valence-corrected chi connectivity index (χ0v) is 8.71. The summed E-state index contributed by atoms with van der Waals surface area (Å²) in [6.07, 6.45) is 6.51. The quantitative estimate of drug-likeness (QED) is 0.503. The number of nitrogens with zero attached hydrogens (tertiary/aromatic N) is 1. The first-order valence-electron chi connectivity index (χ1n) is 5.25. The van der Waals surface area contributed by atoms with E-state index < -0.39 is 0 Å². The maximum atomic E-state index is 5.63. The third-order valence-corrected chi connectivity index (χ3v) is 2.95. The van der Waals surface area contributed by atoms with Gasteiger partial charge >= 0.3 is 0 Å². The minimum absolute atomic E-state index is 0.558. The summed E-state index contributed by atoms with van der Waals surface area (Å²) < 4.78 is 0. The molecule has 1 aliphatic rings. The molecule has 0 aromatic rings. The molecule has 0 aromatic heterocycles. The maximum Gasteiger partial charge on any atom is 0.188 e. The van der Waals surface area contributed by atoms with Crippen molar-refractivity contribution in [2.24, 2.45) is 16.6 Å². The standard InChI is InChI=1S/C10H21N3/c1-3-8-5-4-6-9(7-8)13-10(11)12-2/h8-9H,3-7H2,1-2H3,(H3,11,12,13). The van der Waals surface area contributed by atoms with Gasteiger partial charge in [0.2, 0.25) is 0 Å². The maximum absolute atomic E-state index is 5.63. The highest BCUT2D eigenvalue weighted by atomic mass is 15.1. The highest BCUT2D eigenvalue weighted by molar-refractivity contribution is 5.77. The second-order valence-corrected chi connectivity index (χ2v) is 3.89. The summed E-state index contributed by atoms with van der Waals surface area (Å²) in [7, 11) is 1.72. The van der Waals surface area contributed by atoms with Gasteiger partial charge in [-0.3, -0.25) is 4.99 Å². The highest BCUT2D eigenvalue weighted by Gasteiger charge is 2.20. The van der Waals surface area contributed by atoms with Gasteiger partial charge in [-0.05, 0) is 18.8 Å². The van der Waals surface area contributed by atoms with E-state index in [1.165, 1.54) is 32.1 Å². The molecule has 0 amide bonds. The van der Waals surface area contributed by atoms with E-state index in [-0.39, 0.29) is 0 Å². The Hall–Kier alpha value is -0.730. The first-order valence-corrected chi connectivity index (χ1v) is 5.25. The van der Waals surface area contributed by atoms with Crippen molar-refractivity contribution in [3.8, 4) is 0 Å². The van der Waals surface area contributed by atoms with E-state index in [0.29, 0.717) is 12.0 Å². The Labute approximate surface area is 80.8 Å². The Morgan fingerprint density at radius 2 is 2.31 bits per heavy atom. The number of hydrogen-bond acceptors (Lipinski definition) is 1. The second-order valence-electron chi connectivity index (χ2n) is 3.89. The molecule has 1 aliphatic carbocycles. The van der Waals surface area contributed by atoms with Crippen LogP contribution in [-0.4, -0.2) is 19.0 Å². The van der Waals surface area contributed by atoms with Gasteiger partial charge in [0.25, 0.3) is 0 Å². The fourth-order valence-electron chi connectivity index (χ4n) is 2.07. The number of rotatable bonds is 2. The summed E-state index contributed by atoms with van der Waals surface area (Å²) in [5.74, 6) is 1.47. The van der Waals surface area contributed by atoms with Crippen LogP contribution < -0.4 is 11.1 Å². The first-order chi connectivity index (χ1) is 6.26. The zero-order chi connectivity index (χ0) is 9.68. The molecule has 0 aromatic carbocycles. The van der Waals surface area contributed by atoms with Crippen molar-refractivity contribution in [2.75, 3.05) is 7.05 Å². The first kappa shape index (κ1) is 10.4. The molecule has 0 heterocycles. The molecule has 76 valence electrons. The lowest BCUT2D eigenvalue weighted by atomic mass is 9.84. The summed E-state index contributed by atoms with van der Waals surface area (Å²) >= 11 is 0. The average Bonchev–Trinajstić information content (AvgIpc) is 2.18. The van der Waals surface area contributed by atoms with Crippen molar-refractivity contribution in [1.29, 1.82) is 0 Å². The van der Waals surface area contributed by atoms with Gasteiger partial charge < -0.3 is 11.1 Å². The normalized spacial score (nSPS) is 30.2. The van der Waals surface area contributed by atoms with Crippen LogP contribution in [0.25, 0.3) is 0 Å². The third kappa shape index (κ3) is 3.25. The summed E-state index contributed by atoms with van der Waals surface area (Å²) in [6, 6.07) is 0.558. The highest BCUT2D eigenvalue weighted by Crippen LogP contribution is 2.26. The van der Waals surface area contributed by atoms with Gasteiger partial charge in [0.1, 0.15) is 0 Å². The van der Waals surface area contributed by atoms with Gasteiger partial charge in [0.05, 0.1) is 0 Å². The molecule has 3 heteroatoms. The van der Waals surface area contributed by atoms with E-state index in [2.05, 4.69) is 17.2 Å². The summed E-state index contributed by atoms with van der Waals surface area (Å²) in [6.45, 7) is 2.27. The predicted molar refractivity (Wildman–Crippen MR) is 56.7 cm³/mol. The van der Waals surface area contributed by atoms with E-state index >= 15 is 0 Å². The lowest BCUT2D eigenvalue weighted by Crippen LogP contribution is -2.42. The summed E-state index contributed by atoms with van der Waals surface area (Å²) in [4.78, 5) is 3.92. The molecule has 1 saturated carbocycles. The van der Waals surface area contributed by atoms with Crippen LogP contribution in [0.2, 0.25) is 0 Å². The van der Waals surface area contributed by atoms with Gasteiger partial charge in [-0.1, -0.05) is 26.2 Å². The minimum Gasteiger partial charge on any atom is -0.370 e. The lowest BCUT2D eigenvalue weighted by molar-refractivity contribution is 0.299. The van der Waals surface area contributed by atoms with Gasteiger partial charge in [0, 0.05) is 13.1 Å². The molecule has 2 unspecified atom stereocenters. The Morgan fingerprint density at radius 3 is 2.92 bits per heavy atom. The van der Waals surface area contributed by atoms with Crippen molar-refractivity contribution in [3.05, 3.63) is 0 Å². The molecule has 1 fully saturated rings. The second kappa shape index (κ2) is 5.10. The molecule has 0 aliphatic heterocycles. The van der Waals surface area contributed by atoms with Crippen molar-refractivity contribution in [2.45, 2.75) is 45.1 Å². The predicted octanol–water partition coefficient (Wildman–Crippen LogP) is 1.49. The molecule has 0 spiro atoms. The molecular weight excluding hydrogens is 162 g/mol. The number of nitrogens with one attached hydrogen (secondary N) is 1. The molecule has 0 bridgehead atoms. The Morgan fingerprint density at radius 1 is 1.54 bits per heavy atom. The van der Waals surface area contributed by atoms with Crippen molar-refractivity contribution >= 4 is 5.96 Å². The lowest BCUT2D eigenvalue weighted by Gasteiger charge is -2.29. The molecular formula is C10H21N3. The van der Waals surface area contributed by atoms with Crippen LogP contribution in [0, 0.1) is 5.92 Å². The number of guanidine groups is 1. The van der Waals surface area contributed by atoms with E-state index in [0.717, 1.165) is 5.92 Å². The van der Waals surface area contributed by atoms with E-state index in [4.69, 9.17) is 5.73 Å². The molecule has 0 saturated heterocycles. The molecule has 2 atom stereocenters. The van der Waals surface area contributed by atoms with Crippen molar-refractivity contribution in [1.82, 2.24) is 5.32 Å². The number of hydrogen-bond donors (Lipinski definition) is 2. The smallest absolute Gasteiger partial charge is 0.188 e. The zero-order valence-electron chi connectivity index (χ0n) is 8.71. The van der Waals surface area contributed by atoms with Crippen molar-refractivity contribution < 1.29 is 0 Å². The Balaban J connectivity index is 2.34. The van der Waals surface area contributed by atoms with Crippen LogP contribution in [0.1, 0.15) is 39.0 Å². The Kier molecular flexibility index (Phi) is 4.06. The van der Waals surface area contributed by atoms with Crippen LogP contribution in [0.5, 0.6) is 0 Å². The van der Waals surface area contributed by atoms with Gasteiger partial charge in [0.15, 0.2) is 5.96 Å². The average molecular weight is 183 g/mol. The van der Waals surface area contributed by atoms with E-state index in [1.54, 1.807) is 7.05 Å². The van der Waals surface area contributed by atoms with Gasteiger partial charge in [-0.25, -0.2) is 0 Å². The van der Waals surface area contributed by atoms with Crippen LogP contribution in [0.3, 0.4) is 0 Å². The topological polar surface area (TPSA) is 50.4 Å². The molecule has 1 rings (SSSR count). The molecule has 3 nitrogen and oxygen atoms in total. The Bertz CT molecular complexity index is 177. The third-order valence-electron chi connectivity index (χ3n) is 2.95. The minimum atomic E-state index is 0.558. The van der Waals surface area contributed by atoms with Gasteiger partial charge in [-0.15, -0.1) is 0 Å². The largest absolute Gasteiger partial charge is 0.370 e. The summed E-state index contributed by atoms with van der Waals surface area (Å²) in [5, 5.41) is 3.26. The SMILES string of the molecule is CCC1CCCC(NC(N)=NC)C1. The number of aliphatic imine (C=N–C) groups is 1. The van der Waals surface area contributed by atoms with Crippen LogP contribution >= 0.6 is 0 Å². The van der Waals surface area contributed by atoms with E-state index in [1.807, 2.05) is 0 Å². The molecule has 3 N–H and O–H groups in total. The monoisotopic (exact) mass is 183 g/mol. The molecule has 0 radical (unpaired) electrons. The van der Waals surface area contributed by atoms with Crippen molar-refractivity contribution in [3.63, 3.8) is 0 Å². The van der Waals surface area contributed by atoms with Crippen LogP contribution in [-0.2, 0) is 0 Å². The summed E-state index contributed by atoms with van der Waals surface area (Å²) in [5.41, 5.74) is 5.63. The number of nitrogens with two attached hydrogens (primary N) is 1. The van der Waals surface area contributed by atoms with Crippen LogP contribution in [0.4, 0.5) is 0 Å². The fourth-order valence-corrected chi connectivity index (χ4v) is 2.07. The fraction of sp³-hybridized carbons (Fsp3) is 0.900. The van der Waals surface area contributed by atoms with Gasteiger partial charge in [-0.2, -0.15) is 0 Å².